The van der Waals surface area contributed by atoms with Crippen LogP contribution in [0, 0.1) is 6.92 Å². The molecule has 2 N–H and O–H groups in total. The van der Waals surface area contributed by atoms with Gasteiger partial charge >= 0.3 is 0 Å². The molecule has 2 unspecified atom stereocenters. The minimum atomic E-state index is -0.184. The highest BCUT2D eigenvalue weighted by molar-refractivity contribution is 6.15. The van der Waals surface area contributed by atoms with Crippen LogP contribution in [0.3, 0.4) is 0 Å². The van der Waals surface area contributed by atoms with E-state index in [0.717, 1.165) is 24.9 Å². The molecule has 0 saturated carbocycles. The zero-order valence-electron chi connectivity index (χ0n) is 15.1. The summed E-state index contributed by atoms with van der Waals surface area (Å²) in [5.74, 6) is -0.308. The lowest BCUT2D eigenvalue weighted by molar-refractivity contribution is 0.0911. The molecule has 0 aliphatic carbocycles. The summed E-state index contributed by atoms with van der Waals surface area (Å²) in [6.45, 7) is 5.04. The van der Waals surface area contributed by atoms with E-state index in [-0.39, 0.29) is 36.2 Å². The number of aryl methyl sites for hydroxylation is 1. The van der Waals surface area contributed by atoms with Gasteiger partial charge in [0.25, 0.3) is 5.91 Å². The van der Waals surface area contributed by atoms with Gasteiger partial charge in [-0.3, -0.25) is 9.59 Å². The van der Waals surface area contributed by atoms with E-state index in [1.54, 1.807) is 36.4 Å². The highest BCUT2D eigenvalue weighted by Gasteiger charge is 2.25. The van der Waals surface area contributed by atoms with E-state index in [2.05, 4.69) is 17.6 Å². The molecule has 3 rings (SSSR count). The van der Waals surface area contributed by atoms with Gasteiger partial charge in [0.1, 0.15) is 0 Å². The van der Waals surface area contributed by atoms with Gasteiger partial charge in [0.2, 0.25) is 0 Å². The standard InChI is InChI=1S/C21H24N2O2.ClH/c1-14-9-11-16(12-10-14)20(24)17-6-3-4-7-18(17)21(25)23-19-8-5-13-22-15(19)2;/h3-4,6-7,9-12,15,19,22H,5,8,13H2,1-2H3,(H,23,25);1H. The van der Waals surface area contributed by atoms with Crippen LogP contribution in [0.1, 0.15) is 51.6 Å². The molecule has 2 atom stereocenters. The Balaban J connectivity index is 0.00000243. The van der Waals surface area contributed by atoms with Gasteiger partial charge in [-0.1, -0.05) is 48.0 Å². The molecule has 0 spiro atoms. The van der Waals surface area contributed by atoms with E-state index < -0.39 is 0 Å². The number of amides is 1. The number of hydrogen-bond donors (Lipinski definition) is 2. The van der Waals surface area contributed by atoms with Crippen molar-refractivity contribution in [3.05, 3.63) is 70.8 Å². The second kappa shape index (κ2) is 8.97. The summed E-state index contributed by atoms with van der Waals surface area (Å²) in [5, 5.41) is 6.46. The summed E-state index contributed by atoms with van der Waals surface area (Å²) >= 11 is 0. The summed E-state index contributed by atoms with van der Waals surface area (Å²) in [7, 11) is 0. The SMILES string of the molecule is Cc1ccc(C(=O)c2ccccc2C(=O)NC2CCCNC2C)cc1.Cl. The van der Waals surface area contributed by atoms with E-state index in [9.17, 15) is 9.59 Å². The van der Waals surface area contributed by atoms with E-state index >= 15 is 0 Å². The Hall–Kier alpha value is -2.17. The van der Waals surface area contributed by atoms with Crippen molar-refractivity contribution in [1.82, 2.24) is 10.6 Å². The van der Waals surface area contributed by atoms with Crippen LogP contribution in [0.4, 0.5) is 0 Å². The number of piperidine rings is 1. The van der Waals surface area contributed by atoms with Gasteiger partial charge < -0.3 is 10.6 Å². The van der Waals surface area contributed by atoms with Gasteiger partial charge in [0, 0.05) is 23.2 Å². The fraction of sp³-hybridized carbons (Fsp3) is 0.333. The first-order chi connectivity index (χ1) is 12.1. The smallest absolute Gasteiger partial charge is 0.252 e. The minimum absolute atomic E-state index is 0. The molecule has 1 saturated heterocycles. The molecule has 5 heteroatoms. The maximum atomic E-state index is 12.8. The molecule has 2 aromatic carbocycles. The molecule has 0 bridgehead atoms. The molecule has 1 aliphatic heterocycles. The monoisotopic (exact) mass is 372 g/mol. The van der Waals surface area contributed by atoms with Crippen LogP contribution in [0.5, 0.6) is 0 Å². The number of nitrogens with one attached hydrogen (secondary N) is 2. The molecule has 1 amide bonds. The van der Waals surface area contributed by atoms with Crippen molar-refractivity contribution in [2.24, 2.45) is 0 Å². The first kappa shape index (κ1) is 20.1. The van der Waals surface area contributed by atoms with Crippen LogP contribution < -0.4 is 10.6 Å². The number of hydrogen-bond acceptors (Lipinski definition) is 3. The Morgan fingerprint density at radius 2 is 1.69 bits per heavy atom. The summed E-state index contributed by atoms with van der Waals surface area (Å²) in [6, 6.07) is 14.8. The Labute approximate surface area is 160 Å². The average molecular weight is 373 g/mol. The highest BCUT2D eigenvalue weighted by Crippen LogP contribution is 2.17. The third kappa shape index (κ3) is 4.51. The van der Waals surface area contributed by atoms with E-state index in [1.165, 1.54) is 0 Å². The molecule has 1 aliphatic rings. The third-order valence-corrected chi connectivity index (χ3v) is 4.81. The number of ketones is 1. The van der Waals surface area contributed by atoms with Gasteiger partial charge in [-0.15, -0.1) is 12.4 Å². The lowest BCUT2D eigenvalue weighted by Gasteiger charge is -2.30. The van der Waals surface area contributed by atoms with Crippen molar-refractivity contribution in [1.29, 1.82) is 0 Å². The van der Waals surface area contributed by atoms with Crippen LogP contribution in [0.15, 0.2) is 48.5 Å². The maximum Gasteiger partial charge on any atom is 0.252 e. The Morgan fingerprint density at radius 3 is 2.35 bits per heavy atom. The number of carbonyl (C=O) groups excluding carboxylic acids is 2. The molecule has 1 fully saturated rings. The molecule has 138 valence electrons. The molecule has 0 radical (unpaired) electrons. The average Bonchev–Trinajstić information content (AvgIpc) is 2.63. The summed E-state index contributed by atoms with van der Waals surface area (Å²) < 4.78 is 0. The molecular weight excluding hydrogens is 348 g/mol. The zero-order valence-corrected chi connectivity index (χ0v) is 15.9. The van der Waals surface area contributed by atoms with Crippen molar-refractivity contribution in [2.45, 2.75) is 38.8 Å². The predicted octanol–water partition coefficient (Wildman–Crippen LogP) is 3.52. The number of halogens is 1. The molecule has 1 heterocycles. The number of rotatable bonds is 4. The molecular formula is C21H25ClN2O2. The summed E-state index contributed by atoms with van der Waals surface area (Å²) in [5.41, 5.74) is 2.58. The minimum Gasteiger partial charge on any atom is -0.348 e. The van der Waals surface area contributed by atoms with E-state index in [0.29, 0.717) is 16.7 Å². The Bertz CT molecular complexity index is 774. The van der Waals surface area contributed by atoms with Gasteiger partial charge in [-0.05, 0) is 39.3 Å². The second-order valence-corrected chi connectivity index (χ2v) is 6.71. The van der Waals surface area contributed by atoms with Gasteiger partial charge in [0.05, 0.1) is 5.56 Å². The first-order valence-corrected chi connectivity index (χ1v) is 8.81. The van der Waals surface area contributed by atoms with Gasteiger partial charge in [-0.2, -0.15) is 0 Å². The molecule has 2 aromatic rings. The van der Waals surface area contributed by atoms with Crippen molar-refractivity contribution < 1.29 is 9.59 Å². The highest BCUT2D eigenvalue weighted by atomic mass is 35.5. The fourth-order valence-corrected chi connectivity index (χ4v) is 3.23. The van der Waals surface area contributed by atoms with E-state index in [1.807, 2.05) is 19.1 Å². The van der Waals surface area contributed by atoms with Crippen LogP contribution in [0.2, 0.25) is 0 Å². The largest absolute Gasteiger partial charge is 0.348 e. The zero-order chi connectivity index (χ0) is 17.8. The Morgan fingerprint density at radius 1 is 1.04 bits per heavy atom. The van der Waals surface area contributed by atoms with E-state index in [4.69, 9.17) is 0 Å². The second-order valence-electron chi connectivity index (χ2n) is 6.71. The van der Waals surface area contributed by atoms with Crippen molar-refractivity contribution in [3.63, 3.8) is 0 Å². The summed E-state index contributed by atoms with van der Waals surface area (Å²) in [4.78, 5) is 25.6. The summed E-state index contributed by atoms with van der Waals surface area (Å²) in [6.07, 6.45) is 1.99. The fourth-order valence-electron chi connectivity index (χ4n) is 3.23. The van der Waals surface area contributed by atoms with Gasteiger partial charge in [0.15, 0.2) is 5.78 Å². The molecule has 0 aromatic heterocycles. The van der Waals surface area contributed by atoms with Gasteiger partial charge in [-0.25, -0.2) is 0 Å². The maximum absolute atomic E-state index is 12.8. The van der Waals surface area contributed by atoms with Crippen molar-refractivity contribution >= 4 is 24.1 Å². The third-order valence-electron chi connectivity index (χ3n) is 4.81. The van der Waals surface area contributed by atoms with Crippen LogP contribution >= 0.6 is 12.4 Å². The predicted molar refractivity (Wildman–Crippen MR) is 106 cm³/mol. The Kier molecular flexibility index (Phi) is 6.95. The molecule has 26 heavy (non-hydrogen) atoms. The molecule has 4 nitrogen and oxygen atoms in total. The lowest BCUT2D eigenvalue weighted by atomic mass is 9.96. The number of benzene rings is 2. The normalized spacial score (nSPS) is 19.3. The lowest BCUT2D eigenvalue weighted by Crippen LogP contribution is -2.52. The quantitative estimate of drug-likeness (QED) is 0.807. The van der Waals surface area contributed by atoms with Crippen molar-refractivity contribution in [2.75, 3.05) is 6.54 Å². The van der Waals surface area contributed by atoms with Crippen LogP contribution in [-0.4, -0.2) is 30.3 Å². The van der Waals surface area contributed by atoms with Crippen LogP contribution in [0.25, 0.3) is 0 Å². The number of carbonyl (C=O) groups is 2. The topological polar surface area (TPSA) is 58.2 Å². The van der Waals surface area contributed by atoms with Crippen LogP contribution in [-0.2, 0) is 0 Å². The first-order valence-electron chi connectivity index (χ1n) is 8.81. The van der Waals surface area contributed by atoms with Crippen molar-refractivity contribution in [3.8, 4) is 0 Å².